The lowest BCUT2D eigenvalue weighted by atomic mass is 9.89. The van der Waals surface area contributed by atoms with Crippen LogP contribution in [0.2, 0.25) is 0 Å². The normalized spacial score (nSPS) is 14.1. The highest BCUT2D eigenvalue weighted by atomic mass is 19.1. The molecule has 0 aliphatic rings. The number of halogens is 1. The van der Waals surface area contributed by atoms with E-state index in [0.29, 0.717) is 12.5 Å². The molecule has 19 heavy (non-hydrogen) atoms. The van der Waals surface area contributed by atoms with E-state index in [2.05, 4.69) is 6.92 Å². The first-order valence-electron chi connectivity index (χ1n) is 6.67. The van der Waals surface area contributed by atoms with E-state index in [4.69, 9.17) is 10.8 Å². The third-order valence-corrected chi connectivity index (χ3v) is 3.35. The highest BCUT2D eigenvalue weighted by molar-refractivity contribution is 5.67. The smallest absolute Gasteiger partial charge is 0.303 e. The SMILES string of the molecule is C[C@H](CCc1cccc(F)c1)C[C@H](CN)CC(=O)O. The van der Waals surface area contributed by atoms with Gasteiger partial charge in [0.1, 0.15) is 5.82 Å². The van der Waals surface area contributed by atoms with Crippen LogP contribution in [-0.2, 0) is 11.2 Å². The minimum absolute atomic E-state index is 0.0278. The molecule has 0 aliphatic carbocycles. The Balaban J connectivity index is 2.38. The predicted molar refractivity (Wildman–Crippen MR) is 73.3 cm³/mol. The zero-order valence-electron chi connectivity index (χ0n) is 11.3. The van der Waals surface area contributed by atoms with E-state index < -0.39 is 5.97 Å². The van der Waals surface area contributed by atoms with E-state index in [1.165, 1.54) is 6.07 Å². The van der Waals surface area contributed by atoms with Crippen LogP contribution >= 0.6 is 0 Å². The Bertz CT molecular complexity index is 409. The third kappa shape index (κ3) is 6.34. The maximum Gasteiger partial charge on any atom is 0.303 e. The number of carbonyl (C=O) groups is 1. The van der Waals surface area contributed by atoms with Crippen molar-refractivity contribution in [3.05, 3.63) is 35.6 Å². The van der Waals surface area contributed by atoms with E-state index in [1.807, 2.05) is 6.07 Å². The summed E-state index contributed by atoms with van der Waals surface area (Å²) in [6.07, 6.45) is 2.65. The van der Waals surface area contributed by atoms with E-state index in [0.717, 1.165) is 24.8 Å². The number of carboxylic acids is 1. The average molecular weight is 267 g/mol. The molecule has 1 aromatic carbocycles. The minimum atomic E-state index is -0.798. The molecule has 0 aliphatic heterocycles. The fourth-order valence-electron chi connectivity index (χ4n) is 2.30. The van der Waals surface area contributed by atoms with Gasteiger partial charge in [0.25, 0.3) is 0 Å². The number of carboxylic acid groups (broad SMARTS) is 1. The Kier molecular flexibility index (Phi) is 6.50. The van der Waals surface area contributed by atoms with Gasteiger partial charge in [0.2, 0.25) is 0 Å². The van der Waals surface area contributed by atoms with Crippen molar-refractivity contribution in [3.8, 4) is 0 Å². The number of nitrogens with two attached hydrogens (primary N) is 1. The van der Waals surface area contributed by atoms with Crippen LogP contribution in [0.1, 0.15) is 31.7 Å². The summed E-state index contributed by atoms with van der Waals surface area (Å²) in [6, 6.07) is 6.60. The van der Waals surface area contributed by atoms with Crippen molar-refractivity contribution in [2.75, 3.05) is 6.54 Å². The lowest BCUT2D eigenvalue weighted by Gasteiger charge is -2.18. The van der Waals surface area contributed by atoms with Gasteiger partial charge in [-0.15, -0.1) is 0 Å². The molecule has 2 atom stereocenters. The molecule has 0 radical (unpaired) electrons. The molecule has 106 valence electrons. The second-order valence-corrected chi connectivity index (χ2v) is 5.21. The van der Waals surface area contributed by atoms with Crippen LogP contribution in [0.25, 0.3) is 0 Å². The number of aryl methyl sites for hydroxylation is 1. The molecule has 0 fully saturated rings. The number of hydrogen-bond acceptors (Lipinski definition) is 2. The molecule has 0 amide bonds. The fraction of sp³-hybridized carbons (Fsp3) is 0.533. The van der Waals surface area contributed by atoms with Crippen molar-refractivity contribution in [3.63, 3.8) is 0 Å². The summed E-state index contributed by atoms with van der Waals surface area (Å²) in [5, 5.41) is 8.77. The fourth-order valence-corrected chi connectivity index (χ4v) is 2.30. The van der Waals surface area contributed by atoms with Crippen molar-refractivity contribution in [2.45, 2.75) is 32.6 Å². The Morgan fingerprint density at radius 2 is 2.21 bits per heavy atom. The largest absolute Gasteiger partial charge is 0.481 e. The molecule has 3 N–H and O–H groups in total. The van der Waals surface area contributed by atoms with Crippen LogP contribution in [0, 0.1) is 17.7 Å². The van der Waals surface area contributed by atoms with Gasteiger partial charge in [0.15, 0.2) is 0 Å². The van der Waals surface area contributed by atoms with Crippen LogP contribution in [0.15, 0.2) is 24.3 Å². The highest BCUT2D eigenvalue weighted by Crippen LogP contribution is 2.20. The quantitative estimate of drug-likeness (QED) is 0.761. The molecule has 1 aromatic rings. The molecule has 0 spiro atoms. The Morgan fingerprint density at radius 3 is 2.79 bits per heavy atom. The molecule has 1 rings (SSSR count). The average Bonchev–Trinajstić information content (AvgIpc) is 2.35. The predicted octanol–water partition coefficient (Wildman–Crippen LogP) is 2.83. The molecule has 0 aromatic heterocycles. The van der Waals surface area contributed by atoms with Gasteiger partial charge in [0, 0.05) is 6.42 Å². The lowest BCUT2D eigenvalue weighted by Crippen LogP contribution is -2.20. The summed E-state index contributed by atoms with van der Waals surface area (Å²) in [5.41, 5.74) is 6.56. The summed E-state index contributed by atoms with van der Waals surface area (Å²) < 4.78 is 13.0. The topological polar surface area (TPSA) is 63.3 Å². The Hall–Kier alpha value is -1.42. The first-order chi connectivity index (χ1) is 9.01. The summed E-state index contributed by atoms with van der Waals surface area (Å²) in [5.74, 6) is -0.597. The number of hydrogen-bond donors (Lipinski definition) is 2. The van der Waals surface area contributed by atoms with Crippen LogP contribution in [0.3, 0.4) is 0 Å². The number of benzene rings is 1. The standard InChI is InChI=1S/C15H22FNO2/c1-11(7-13(10-17)9-15(18)19)5-6-12-3-2-4-14(16)8-12/h2-4,8,11,13H,5-7,9-10,17H2,1H3,(H,18,19)/t11-,13+/m1/s1. The molecule has 4 heteroatoms. The lowest BCUT2D eigenvalue weighted by molar-refractivity contribution is -0.138. The number of aliphatic carboxylic acids is 1. The van der Waals surface area contributed by atoms with Gasteiger partial charge < -0.3 is 10.8 Å². The van der Waals surface area contributed by atoms with Crippen molar-refractivity contribution in [1.82, 2.24) is 0 Å². The third-order valence-electron chi connectivity index (χ3n) is 3.35. The van der Waals surface area contributed by atoms with Crippen molar-refractivity contribution >= 4 is 5.97 Å². The van der Waals surface area contributed by atoms with Crippen molar-refractivity contribution in [2.24, 2.45) is 17.6 Å². The monoisotopic (exact) mass is 267 g/mol. The highest BCUT2D eigenvalue weighted by Gasteiger charge is 2.15. The van der Waals surface area contributed by atoms with Gasteiger partial charge >= 0.3 is 5.97 Å². The van der Waals surface area contributed by atoms with E-state index in [9.17, 15) is 9.18 Å². The molecular formula is C15H22FNO2. The molecule has 0 saturated heterocycles. The van der Waals surface area contributed by atoms with Crippen molar-refractivity contribution < 1.29 is 14.3 Å². The second-order valence-electron chi connectivity index (χ2n) is 5.21. The van der Waals surface area contributed by atoms with E-state index in [-0.39, 0.29) is 18.2 Å². The van der Waals surface area contributed by atoms with Gasteiger partial charge in [-0.2, -0.15) is 0 Å². The van der Waals surface area contributed by atoms with E-state index >= 15 is 0 Å². The molecule has 0 saturated carbocycles. The Labute approximate surface area is 113 Å². The maximum atomic E-state index is 13.0. The summed E-state index contributed by atoms with van der Waals surface area (Å²) in [6.45, 7) is 2.49. The summed E-state index contributed by atoms with van der Waals surface area (Å²) >= 11 is 0. The van der Waals surface area contributed by atoms with Gasteiger partial charge in [-0.05, 0) is 55.3 Å². The summed E-state index contributed by atoms with van der Waals surface area (Å²) in [7, 11) is 0. The van der Waals surface area contributed by atoms with Crippen LogP contribution < -0.4 is 5.73 Å². The molecule has 3 nitrogen and oxygen atoms in total. The van der Waals surface area contributed by atoms with Gasteiger partial charge in [-0.3, -0.25) is 4.79 Å². The summed E-state index contributed by atoms with van der Waals surface area (Å²) in [4.78, 5) is 10.7. The van der Waals surface area contributed by atoms with Crippen molar-refractivity contribution in [1.29, 1.82) is 0 Å². The molecular weight excluding hydrogens is 245 g/mol. The van der Waals surface area contributed by atoms with Crippen LogP contribution in [-0.4, -0.2) is 17.6 Å². The minimum Gasteiger partial charge on any atom is -0.481 e. The molecule has 0 unspecified atom stereocenters. The first kappa shape index (κ1) is 15.6. The first-order valence-corrected chi connectivity index (χ1v) is 6.67. The van der Waals surface area contributed by atoms with Crippen LogP contribution in [0.4, 0.5) is 4.39 Å². The van der Waals surface area contributed by atoms with E-state index in [1.54, 1.807) is 12.1 Å². The van der Waals surface area contributed by atoms with Gasteiger partial charge in [-0.1, -0.05) is 19.1 Å². The van der Waals surface area contributed by atoms with Crippen LogP contribution in [0.5, 0.6) is 0 Å². The Morgan fingerprint density at radius 1 is 1.47 bits per heavy atom. The van der Waals surface area contributed by atoms with Gasteiger partial charge in [0.05, 0.1) is 0 Å². The zero-order valence-corrected chi connectivity index (χ0v) is 11.3. The second kappa shape index (κ2) is 7.89. The molecule has 0 bridgehead atoms. The number of rotatable bonds is 8. The molecule has 0 heterocycles. The zero-order chi connectivity index (χ0) is 14.3. The maximum absolute atomic E-state index is 13.0. The van der Waals surface area contributed by atoms with Gasteiger partial charge in [-0.25, -0.2) is 4.39 Å².